The molecule has 1 fully saturated rings. The van der Waals surface area contributed by atoms with E-state index in [1.165, 1.54) is 0 Å². The van der Waals surface area contributed by atoms with Crippen molar-refractivity contribution < 1.29 is 9.53 Å². The summed E-state index contributed by atoms with van der Waals surface area (Å²) in [5.74, 6) is 4.97. The summed E-state index contributed by atoms with van der Waals surface area (Å²) in [5, 5.41) is 3.20. The van der Waals surface area contributed by atoms with E-state index < -0.39 is 0 Å². The standard InChI is InChI=1S/C10H21N3O2/c1-2-4-9(10(14)13-11)12-7-8-5-3-6-15-8/h8-9,12H,2-7,11H2,1H3,(H,13,14). The molecule has 1 aliphatic heterocycles. The molecule has 0 bridgehead atoms. The van der Waals surface area contributed by atoms with E-state index in [1.54, 1.807) is 0 Å². The molecular weight excluding hydrogens is 194 g/mol. The van der Waals surface area contributed by atoms with Crippen LogP contribution in [0, 0.1) is 0 Å². The second-order valence-corrected chi connectivity index (χ2v) is 3.89. The van der Waals surface area contributed by atoms with E-state index in [9.17, 15) is 4.79 Å². The third-order valence-corrected chi connectivity index (χ3v) is 2.65. The number of hydrogen-bond acceptors (Lipinski definition) is 4. The molecule has 1 heterocycles. The van der Waals surface area contributed by atoms with E-state index in [4.69, 9.17) is 10.6 Å². The van der Waals surface area contributed by atoms with Crippen LogP contribution in [0.3, 0.4) is 0 Å². The summed E-state index contributed by atoms with van der Waals surface area (Å²) in [6.45, 7) is 3.62. The Morgan fingerprint density at radius 2 is 2.47 bits per heavy atom. The summed E-state index contributed by atoms with van der Waals surface area (Å²) in [5.41, 5.74) is 2.18. The molecule has 5 heteroatoms. The predicted molar refractivity (Wildman–Crippen MR) is 58.0 cm³/mol. The van der Waals surface area contributed by atoms with Crippen molar-refractivity contribution in [1.82, 2.24) is 10.7 Å². The lowest BCUT2D eigenvalue weighted by Gasteiger charge is -2.18. The Labute approximate surface area is 90.7 Å². The van der Waals surface area contributed by atoms with Crippen molar-refractivity contribution in [2.24, 2.45) is 5.84 Å². The summed E-state index contributed by atoms with van der Waals surface area (Å²) >= 11 is 0. The first kappa shape index (κ1) is 12.4. The van der Waals surface area contributed by atoms with Crippen LogP contribution in [-0.2, 0) is 9.53 Å². The van der Waals surface area contributed by atoms with Crippen LogP contribution in [0.5, 0.6) is 0 Å². The Hall–Kier alpha value is -0.650. The van der Waals surface area contributed by atoms with Gasteiger partial charge >= 0.3 is 0 Å². The fourth-order valence-electron chi connectivity index (χ4n) is 1.79. The van der Waals surface area contributed by atoms with Crippen molar-refractivity contribution >= 4 is 5.91 Å². The fourth-order valence-corrected chi connectivity index (χ4v) is 1.79. The molecule has 0 saturated carbocycles. The van der Waals surface area contributed by atoms with Gasteiger partial charge in [-0.15, -0.1) is 0 Å². The third kappa shape index (κ3) is 4.15. The molecule has 2 atom stereocenters. The van der Waals surface area contributed by atoms with Crippen LogP contribution in [-0.4, -0.2) is 31.2 Å². The predicted octanol–water partition coefficient (Wildman–Crippen LogP) is -0.0864. The second kappa shape index (κ2) is 6.76. The quantitative estimate of drug-likeness (QED) is 0.329. The summed E-state index contributed by atoms with van der Waals surface area (Å²) < 4.78 is 5.47. The van der Waals surface area contributed by atoms with Gasteiger partial charge in [0, 0.05) is 13.2 Å². The average Bonchev–Trinajstić information content (AvgIpc) is 2.76. The number of rotatable bonds is 6. The molecule has 1 amide bonds. The number of nitrogens with one attached hydrogen (secondary N) is 2. The highest BCUT2D eigenvalue weighted by Gasteiger charge is 2.20. The van der Waals surface area contributed by atoms with Crippen molar-refractivity contribution in [2.45, 2.75) is 44.8 Å². The Kier molecular flexibility index (Phi) is 5.60. The molecule has 5 nitrogen and oxygen atoms in total. The molecule has 1 saturated heterocycles. The maximum absolute atomic E-state index is 11.4. The van der Waals surface area contributed by atoms with Gasteiger partial charge in [-0.05, 0) is 19.3 Å². The summed E-state index contributed by atoms with van der Waals surface area (Å²) in [7, 11) is 0. The molecule has 0 radical (unpaired) electrons. The highest BCUT2D eigenvalue weighted by molar-refractivity contribution is 5.81. The van der Waals surface area contributed by atoms with Gasteiger partial charge in [0.1, 0.15) is 0 Å². The number of carbonyl (C=O) groups is 1. The van der Waals surface area contributed by atoms with Crippen molar-refractivity contribution in [3.8, 4) is 0 Å². The maximum Gasteiger partial charge on any atom is 0.251 e. The number of hydrogen-bond donors (Lipinski definition) is 3. The lowest BCUT2D eigenvalue weighted by atomic mass is 10.1. The van der Waals surface area contributed by atoms with Crippen LogP contribution in [0.15, 0.2) is 0 Å². The molecule has 2 unspecified atom stereocenters. The average molecular weight is 215 g/mol. The molecule has 15 heavy (non-hydrogen) atoms. The van der Waals surface area contributed by atoms with Gasteiger partial charge in [0.2, 0.25) is 0 Å². The zero-order valence-electron chi connectivity index (χ0n) is 9.29. The lowest BCUT2D eigenvalue weighted by molar-refractivity contribution is -0.123. The van der Waals surface area contributed by atoms with Crippen LogP contribution >= 0.6 is 0 Å². The van der Waals surface area contributed by atoms with Crippen LogP contribution in [0.1, 0.15) is 32.6 Å². The first-order chi connectivity index (χ1) is 7.27. The Balaban J connectivity index is 2.26. The van der Waals surface area contributed by atoms with E-state index in [1.807, 2.05) is 6.92 Å². The van der Waals surface area contributed by atoms with Crippen molar-refractivity contribution in [1.29, 1.82) is 0 Å². The topological polar surface area (TPSA) is 76.4 Å². The Morgan fingerprint density at radius 3 is 3.00 bits per heavy atom. The van der Waals surface area contributed by atoms with Gasteiger partial charge in [-0.2, -0.15) is 0 Å². The van der Waals surface area contributed by atoms with E-state index >= 15 is 0 Å². The SMILES string of the molecule is CCCC(NCC1CCCO1)C(=O)NN. The van der Waals surface area contributed by atoms with E-state index in [0.717, 1.165) is 38.8 Å². The molecule has 0 aliphatic carbocycles. The zero-order valence-corrected chi connectivity index (χ0v) is 9.29. The molecule has 0 aromatic rings. The monoisotopic (exact) mass is 215 g/mol. The van der Waals surface area contributed by atoms with Crippen LogP contribution in [0.25, 0.3) is 0 Å². The van der Waals surface area contributed by atoms with E-state index in [-0.39, 0.29) is 18.1 Å². The highest BCUT2D eigenvalue weighted by Crippen LogP contribution is 2.11. The molecule has 1 aliphatic rings. The largest absolute Gasteiger partial charge is 0.377 e. The fraction of sp³-hybridized carbons (Fsp3) is 0.900. The van der Waals surface area contributed by atoms with Crippen molar-refractivity contribution in [3.63, 3.8) is 0 Å². The van der Waals surface area contributed by atoms with Crippen LogP contribution < -0.4 is 16.6 Å². The minimum atomic E-state index is -0.191. The van der Waals surface area contributed by atoms with Crippen molar-refractivity contribution in [2.75, 3.05) is 13.2 Å². The maximum atomic E-state index is 11.4. The highest BCUT2D eigenvalue weighted by atomic mass is 16.5. The molecule has 0 aromatic carbocycles. The smallest absolute Gasteiger partial charge is 0.251 e. The van der Waals surface area contributed by atoms with Gasteiger partial charge in [-0.1, -0.05) is 13.3 Å². The van der Waals surface area contributed by atoms with Gasteiger partial charge in [-0.3, -0.25) is 10.2 Å². The number of nitrogens with two attached hydrogens (primary N) is 1. The third-order valence-electron chi connectivity index (χ3n) is 2.65. The Morgan fingerprint density at radius 1 is 1.67 bits per heavy atom. The summed E-state index contributed by atoms with van der Waals surface area (Å²) in [6.07, 6.45) is 4.21. The summed E-state index contributed by atoms with van der Waals surface area (Å²) in [4.78, 5) is 11.4. The molecular formula is C10H21N3O2. The molecule has 1 rings (SSSR count). The van der Waals surface area contributed by atoms with Gasteiger partial charge in [0.05, 0.1) is 12.1 Å². The molecule has 0 spiro atoms. The minimum Gasteiger partial charge on any atom is -0.377 e. The van der Waals surface area contributed by atoms with Crippen molar-refractivity contribution in [3.05, 3.63) is 0 Å². The van der Waals surface area contributed by atoms with Gasteiger partial charge in [0.15, 0.2) is 0 Å². The first-order valence-corrected chi connectivity index (χ1v) is 5.63. The lowest BCUT2D eigenvalue weighted by Crippen LogP contribution is -2.48. The molecule has 0 aromatic heterocycles. The van der Waals surface area contributed by atoms with Gasteiger partial charge < -0.3 is 10.1 Å². The van der Waals surface area contributed by atoms with Crippen LogP contribution in [0.4, 0.5) is 0 Å². The van der Waals surface area contributed by atoms with E-state index in [0.29, 0.717) is 0 Å². The summed E-state index contributed by atoms with van der Waals surface area (Å²) in [6, 6.07) is -0.191. The first-order valence-electron chi connectivity index (χ1n) is 5.63. The minimum absolute atomic E-state index is 0.144. The number of hydrazine groups is 1. The van der Waals surface area contributed by atoms with E-state index in [2.05, 4.69) is 10.7 Å². The molecule has 88 valence electrons. The van der Waals surface area contributed by atoms with Gasteiger partial charge in [0.25, 0.3) is 5.91 Å². The van der Waals surface area contributed by atoms with Gasteiger partial charge in [-0.25, -0.2) is 5.84 Å². The van der Waals surface area contributed by atoms with Crippen LogP contribution in [0.2, 0.25) is 0 Å². The number of carbonyl (C=O) groups excluding carboxylic acids is 1. The second-order valence-electron chi connectivity index (χ2n) is 3.89. The number of amides is 1. The number of ether oxygens (including phenoxy) is 1. The Bertz CT molecular complexity index is 193. The zero-order chi connectivity index (χ0) is 11.1. The normalized spacial score (nSPS) is 22.7. The molecule has 4 N–H and O–H groups in total.